The molecule has 0 aliphatic heterocycles. The lowest BCUT2D eigenvalue weighted by atomic mass is 9.65. The zero-order chi connectivity index (χ0) is 40.8. The van der Waals surface area contributed by atoms with E-state index in [0.29, 0.717) is 5.82 Å². The van der Waals surface area contributed by atoms with Crippen molar-refractivity contribution in [1.29, 1.82) is 0 Å². The van der Waals surface area contributed by atoms with E-state index in [1.807, 2.05) is 35.9 Å². The molecule has 0 saturated heterocycles. The number of aromatic nitrogens is 3. The lowest BCUT2D eigenvalue weighted by molar-refractivity contribution is 0.776. The second-order valence-electron chi connectivity index (χ2n) is 16.3. The highest BCUT2D eigenvalue weighted by Gasteiger charge is 2.50. The number of hydrogen-bond acceptors (Lipinski definition) is 4. The predicted octanol–water partition coefficient (Wildman–Crippen LogP) is 14.9. The van der Waals surface area contributed by atoms with Crippen LogP contribution >= 0.6 is 11.3 Å². The SMILES string of the molecule is c1ccc(-c2nc(-c3ccc(-c4cccnc4)cc3)cc(-c3ccc4c(c3)C3(c5ccccc5-c5ccccc5-4)c4ccccc4-c4c3ccc3sc5ccccc5c43)n2)cc1. The molecule has 1 atom stereocenters. The van der Waals surface area contributed by atoms with Crippen LogP contribution in [-0.4, -0.2) is 15.0 Å². The first-order valence-electron chi connectivity index (χ1n) is 21.1. The van der Waals surface area contributed by atoms with Gasteiger partial charge in [0, 0.05) is 49.3 Å². The molecule has 0 radical (unpaired) electrons. The topological polar surface area (TPSA) is 38.7 Å². The van der Waals surface area contributed by atoms with Gasteiger partial charge in [-0.05, 0) is 97.1 Å². The second-order valence-corrected chi connectivity index (χ2v) is 17.3. The molecule has 2 aliphatic rings. The standard InChI is InChI=1S/C58H35N3S/c1-2-13-38(14-3-1)57-60-51(37-26-24-36(25-27-37)40-15-12-32-59-35-40)34-52(61-57)39-28-29-44-42-17-5-4-16-41(42)43-18-6-9-21-47(43)58(50(44)33-39)48-22-10-7-19-45(48)55-49(58)30-31-54-56(55)46-20-8-11-23-53(46)62-54/h1-35H. The van der Waals surface area contributed by atoms with Crippen molar-refractivity contribution in [1.82, 2.24) is 15.0 Å². The molecule has 3 nitrogen and oxygen atoms in total. The summed E-state index contributed by atoms with van der Waals surface area (Å²) in [5.41, 5.74) is 19.1. The van der Waals surface area contributed by atoms with E-state index >= 15 is 0 Å². The van der Waals surface area contributed by atoms with Gasteiger partial charge in [-0.15, -0.1) is 11.3 Å². The first kappa shape index (κ1) is 35.0. The lowest BCUT2D eigenvalue weighted by Gasteiger charge is -2.35. The highest BCUT2D eigenvalue weighted by molar-refractivity contribution is 7.26. The summed E-state index contributed by atoms with van der Waals surface area (Å²) in [6.07, 6.45) is 3.71. The summed E-state index contributed by atoms with van der Waals surface area (Å²) in [6.45, 7) is 0. The van der Waals surface area contributed by atoms with Gasteiger partial charge >= 0.3 is 0 Å². The Morgan fingerprint density at radius 2 is 0.984 bits per heavy atom. The summed E-state index contributed by atoms with van der Waals surface area (Å²) in [6, 6.07) is 73.2. The van der Waals surface area contributed by atoms with Crippen LogP contribution in [0.3, 0.4) is 0 Å². The van der Waals surface area contributed by atoms with Crippen molar-refractivity contribution in [3.8, 4) is 78.4 Å². The van der Waals surface area contributed by atoms with E-state index < -0.39 is 5.41 Å². The molecule has 62 heavy (non-hydrogen) atoms. The quantitative estimate of drug-likeness (QED) is 0.178. The predicted molar refractivity (Wildman–Crippen MR) is 256 cm³/mol. The Hall–Kier alpha value is -7.79. The molecular weight excluding hydrogens is 771 g/mol. The maximum atomic E-state index is 5.38. The Balaban J connectivity index is 1.11. The van der Waals surface area contributed by atoms with Crippen LogP contribution in [0.5, 0.6) is 0 Å². The molecule has 0 N–H and O–H groups in total. The van der Waals surface area contributed by atoms with E-state index in [4.69, 9.17) is 9.97 Å². The minimum absolute atomic E-state index is 0.635. The fourth-order valence-corrected chi connectivity index (χ4v) is 11.5. The molecule has 1 spiro atoms. The van der Waals surface area contributed by atoms with Gasteiger partial charge in [-0.2, -0.15) is 0 Å². The monoisotopic (exact) mass is 805 g/mol. The summed E-state index contributed by atoms with van der Waals surface area (Å²) < 4.78 is 2.62. The zero-order valence-corrected chi connectivity index (χ0v) is 34.3. The third kappa shape index (κ3) is 5.08. The molecule has 288 valence electrons. The number of fused-ring (bicyclic) bond motifs is 16. The van der Waals surface area contributed by atoms with E-state index in [-0.39, 0.29) is 0 Å². The summed E-state index contributed by atoms with van der Waals surface area (Å²) in [5.74, 6) is 0.693. The van der Waals surface area contributed by atoms with Gasteiger partial charge in [-0.3, -0.25) is 4.98 Å². The fourth-order valence-electron chi connectivity index (χ4n) is 10.4. The Labute approximate surface area is 363 Å². The lowest BCUT2D eigenvalue weighted by Crippen LogP contribution is -2.29. The van der Waals surface area contributed by atoms with Crippen LogP contribution in [0.25, 0.3) is 98.6 Å². The maximum absolute atomic E-state index is 5.38. The molecule has 3 aromatic heterocycles. The van der Waals surface area contributed by atoms with E-state index in [0.717, 1.165) is 39.2 Å². The Kier molecular flexibility index (Phi) is 7.69. The highest BCUT2D eigenvalue weighted by atomic mass is 32.1. The Morgan fingerprint density at radius 1 is 0.371 bits per heavy atom. The average molecular weight is 806 g/mol. The van der Waals surface area contributed by atoms with E-state index in [2.05, 4.69) is 193 Å². The van der Waals surface area contributed by atoms with Crippen LogP contribution in [0.1, 0.15) is 22.3 Å². The average Bonchev–Trinajstić information content (AvgIpc) is 3.85. The zero-order valence-electron chi connectivity index (χ0n) is 33.5. The number of hydrogen-bond donors (Lipinski definition) is 0. The third-order valence-electron chi connectivity index (χ3n) is 13.0. The first-order valence-corrected chi connectivity index (χ1v) is 21.9. The largest absolute Gasteiger partial charge is 0.264 e. The summed E-state index contributed by atoms with van der Waals surface area (Å²) in [4.78, 5) is 14.9. The molecule has 11 aromatic rings. The minimum atomic E-state index is -0.635. The number of nitrogens with zero attached hydrogens (tertiary/aromatic N) is 3. The summed E-state index contributed by atoms with van der Waals surface area (Å²) in [7, 11) is 0. The molecule has 3 heterocycles. The number of pyridine rings is 1. The normalized spacial score (nSPS) is 14.5. The molecule has 4 heteroatoms. The molecular formula is C58H35N3S. The Morgan fingerprint density at radius 3 is 1.76 bits per heavy atom. The molecule has 0 bridgehead atoms. The first-order chi connectivity index (χ1) is 30.7. The van der Waals surface area contributed by atoms with Gasteiger partial charge < -0.3 is 0 Å². The van der Waals surface area contributed by atoms with Crippen molar-refractivity contribution in [3.05, 3.63) is 235 Å². The van der Waals surface area contributed by atoms with Crippen LogP contribution < -0.4 is 0 Å². The van der Waals surface area contributed by atoms with Gasteiger partial charge in [0.2, 0.25) is 0 Å². The molecule has 13 rings (SSSR count). The van der Waals surface area contributed by atoms with Crippen LogP contribution in [0.2, 0.25) is 0 Å². The second kappa shape index (κ2) is 13.6. The van der Waals surface area contributed by atoms with Gasteiger partial charge in [0.05, 0.1) is 16.8 Å². The van der Waals surface area contributed by atoms with Crippen LogP contribution in [-0.2, 0) is 5.41 Å². The summed E-state index contributed by atoms with van der Waals surface area (Å²) >= 11 is 1.88. The molecule has 2 aliphatic carbocycles. The minimum Gasteiger partial charge on any atom is -0.264 e. The fraction of sp³-hybridized carbons (Fsp3) is 0.0172. The molecule has 1 unspecified atom stereocenters. The van der Waals surface area contributed by atoms with Crippen molar-refractivity contribution < 1.29 is 0 Å². The van der Waals surface area contributed by atoms with Gasteiger partial charge in [-0.1, -0.05) is 170 Å². The van der Waals surface area contributed by atoms with Gasteiger partial charge in [0.25, 0.3) is 0 Å². The van der Waals surface area contributed by atoms with Crippen LogP contribution in [0, 0.1) is 0 Å². The van der Waals surface area contributed by atoms with E-state index in [9.17, 15) is 0 Å². The van der Waals surface area contributed by atoms with Gasteiger partial charge in [0.15, 0.2) is 5.82 Å². The van der Waals surface area contributed by atoms with Crippen molar-refractivity contribution in [2.75, 3.05) is 0 Å². The van der Waals surface area contributed by atoms with Crippen molar-refractivity contribution >= 4 is 31.5 Å². The van der Waals surface area contributed by atoms with E-state index in [1.54, 1.807) is 0 Å². The molecule has 0 saturated carbocycles. The van der Waals surface area contributed by atoms with Crippen molar-refractivity contribution in [2.45, 2.75) is 5.41 Å². The number of rotatable bonds is 4. The van der Waals surface area contributed by atoms with E-state index in [1.165, 1.54) is 75.8 Å². The van der Waals surface area contributed by atoms with Crippen LogP contribution in [0.4, 0.5) is 0 Å². The molecule has 0 fully saturated rings. The smallest absolute Gasteiger partial charge is 0.160 e. The molecule has 0 amide bonds. The van der Waals surface area contributed by atoms with Crippen LogP contribution in [0.15, 0.2) is 213 Å². The van der Waals surface area contributed by atoms with Crippen molar-refractivity contribution in [3.63, 3.8) is 0 Å². The Bertz CT molecular complexity index is 3570. The maximum Gasteiger partial charge on any atom is 0.160 e. The number of benzene rings is 8. The summed E-state index contributed by atoms with van der Waals surface area (Å²) in [5, 5.41) is 2.65. The molecule has 8 aromatic carbocycles. The third-order valence-corrected chi connectivity index (χ3v) is 14.2. The highest BCUT2D eigenvalue weighted by Crippen LogP contribution is 2.63. The van der Waals surface area contributed by atoms with Gasteiger partial charge in [0.1, 0.15) is 0 Å². The number of thiophene rings is 1. The van der Waals surface area contributed by atoms with Gasteiger partial charge in [-0.25, -0.2) is 9.97 Å². The van der Waals surface area contributed by atoms with Crippen molar-refractivity contribution in [2.24, 2.45) is 0 Å².